The van der Waals surface area contributed by atoms with Gasteiger partial charge in [-0.2, -0.15) is 5.26 Å². The number of amides is 1. The van der Waals surface area contributed by atoms with E-state index in [2.05, 4.69) is 16.7 Å². The third kappa shape index (κ3) is 5.84. The van der Waals surface area contributed by atoms with Crippen LogP contribution in [0.25, 0.3) is 16.9 Å². The summed E-state index contributed by atoms with van der Waals surface area (Å²) in [7, 11) is 0. The van der Waals surface area contributed by atoms with Gasteiger partial charge in [-0.05, 0) is 42.3 Å². The van der Waals surface area contributed by atoms with Gasteiger partial charge in [0.2, 0.25) is 0 Å². The van der Waals surface area contributed by atoms with Gasteiger partial charge in [0.1, 0.15) is 17.2 Å². The number of aromatic nitrogens is 2. The number of nitrogens with zero attached hydrogens (tertiary/aromatic N) is 3. The normalized spacial score (nSPS) is 11.5. The van der Waals surface area contributed by atoms with Gasteiger partial charge in [0, 0.05) is 23.9 Å². The fraction of sp³-hybridized carbons (Fsp3) is 0.125. The fourth-order valence-electron chi connectivity index (χ4n) is 4.51. The van der Waals surface area contributed by atoms with E-state index in [4.69, 9.17) is 4.98 Å². The number of aliphatic carboxylic acids is 1. The van der Waals surface area contributed by atoms with Gasteiger partial charge in [0.25, 0.3) is 5.91 Å². The van der Waals surface area contributed by atoms with Crippen LogP contribution in [0, 0.1) is 18.3 Å². The molecule has 2 aromatic heterocycles. The second-order valence-corrected chi connectivity index (χ2v) is 9.52. The van der Waals surface area contributed by atoms with E-state index in [1.165, 1.54) is 0 Å². The van der Waals surface area contributed by atoms with E-state index < -0.39 is 17.9 Å². The number of hydrogen-bond donors (Lipinski definition) is 3. The molecule has 0 radical (unpaired) electrons. The number of rotatable bonds is 9. The zero-order chi connectivity index (χ0) is 28.1. The number of aryl methyl sites for hydroxylation is 1. The van der Waals surface area contributed by atoms with Crippen LogP contribution >= 0.6 is 0 Å². The first-order valence-corrected chi connectivity index (χ1v) is 12.8. The topological polar surface area (TPSA) is 120 Å². The van der Waals surface area contributed by atoms with Crippen molar-refractivity contribution in [3.63, 3.8) is 0 Å². The highest BCUT2D eigenvalue weighted by atomic mass is 16.4. The first-order valence-electron chi connectivity index (χ1n) is 12.8. The summed E-state index contributed by atoms with van der Waals surface area (Å²) in [5, 5.41) is 25.0. The maximum Gasteiger partial charge on any atom is 0.305 e. The number of pyridine rings is 1. The molecule has 198 valence electrons. The third-order valence-corrected chi connectivity index (χ3v) is 6.64. The van der Waals surface area contributed by atoms with Crippen LogP contribution in [0.15, 0.2) is 97.2 Å². The molecule has 0 bridgehead atoms. The van der Waals surface area contributed by atoms with E-state index in [-0.39, 0.29) is 6.42 Å². The minimum Gasteiger partial charge on any atom is -0.481 e. The molecule has 5 rings (SSSR count). The Balaban J connectivity index is 1.48. The molecular weight excluding hydrogens is 502 g/mol. The summed E-state index contributed by atoms with van der Waals surface area (Å²) in [6.07, 6.45) is 1.53. The summed E-state index contributed by atoms with van der Waals surface area (Å²) in [4.78, 5) is 29.6. The molecule has 1 unspecified atom stereocenters. The first kappa shape index (κ1) is 26.2. The van der Waals surface area contributed by atoms with Crippen molar-refractivity contribution >= 4 is 23.3 Å². The summed E-state index contributed by atoms with van der Waals surface area (Å²) in [5.74, 6) is -0.647. The Morgan fingerprint density at radius 3 is 2.40 bits per heavy atom. The number of carbonyl (C=O) groups excluding carboxylic acids is 1. The van der Waals surface area contributed by atoms with Gasteiger partial charge >= 0.3 is 5.97 Å². The van der Waals surface area contributed by atoms with Gasteiger partial charge < -0.3 is 15.7 Å². The lowest BCUT2D eigenvalue weighted by molar-refractivity contribution is -0.137. The maximum absolute atomic E-state index is 13.3. The van der Waals surface area contributed by atoms with Crippen molar-refractivity contribution in [1.29, 1.82) is 5.26 Å². The molecule has 0 aliphatic carbocycles. The second-order valence-electron chi connectivity index (χ2n) is 9.52. The van der Waals surface area contributed by atoms with Gasteiger partial charge in [0.15, 0.2) is 0 Å². The van der Waals surface area contributed by atoms with E-state index in [1.54, 1.807) is 30.5 Å². The van der Waals surface area contributed by atoms with E-state index in [0.29, 0.717) is 29.0 Å². The number of anilines is 1. The van der Waals surface area contributed by atoms with Gasteiger partial charge in [-0.25, -0.2) is 4.98 Å². The average Bonchev–Trinajstić information content (AvgIpc) is 3.34. The number of benzene rings is 3. The first-order chi connectivity index (χ1) is 19.4. The second kappa shape index (κ2) is 11.5. The van der Waals surface area contributed by atoms with Crippen molar-refractivity contribution in [3.05, 3.63) is 125 Å². The summed E-state index contributed by atoms with van der Waals surface area (Å²) in [5.41, 5.74) is 5.83. The largest absolute Gasteiger partial charge is 0.481 e. The molecule has 5 aromatic rings. The Bertz CT molecular complexity index is 1700. The Kier molecular flexibility index (Phi) is 7.56. The smallest absolute Gasteiger partial charge is 0.305 e. The number of nitriles is 1. The van der Waals surface area contributed by atoms with Gasteiger partial charge in [-0.3, -0.25) is 14.0 Å². The number of carboxylic acids is 1. The standard InChI is InChI=1S/C32H27N5O3/c1-21-7-11-24(12-8-21)27(18-29(38)39)35-32(40)26-15-16-37-28(17-26)36-30(25-13-9-22(19-33)10-14-25)31(37)34-20-23-5-3-2-4-6-23/h2-17,27,34H,18,20H2,1H3,(H,35,40)(H,38,39). The molecule has 3 aromatic carbocycles. The molecule has 0 saturated carbocycles. The Labute approximate surface area is 231 Å². The zero-order valence-electron chi connectivity index (χ0n) is 21.8. The predicted octanol–water partition coefficient (Wildman–Crippen LogP) is 5.74. The third-order valence-electron chi connectivity index (χ3n) is 6.64. The van der Waals surface area contributed by atoms with Crippen molar-refractivity contribution in [2.75, 3.05) is 5.32 Å². The molecule has 1 amide bonds. The molecule has 0 aliphatic rings. The zero-order valence-corrected chi connectivity index (χ0v) is 21.8. The highest BCUT2D eigenvalue weighted by molar-refractivity contribution is 5.96. The van der Waals surface area contributed by atoms with E-state index in [9.17, 15) is 20.0 Å². The van der Waals surface area contributed by atoms with Crippen LogP contribution in [0.4, 0.5) is 5.82 Å². The Morgan fingerprint density at radius 1 is 1.00 bits per heavy atom. The highest BCUT2D eigenvalue weighted by Crippen LogP contribution is 2.30. The fourth-order valence-corrected chi connectivity index (χ4v) is 4.51. The van der Waals surface area contributed by atoms with Crippen LogP contribution in [0.2, 0.25) is 0 Å². The van der Waals surface area contributed by atoms with Crippen LogP contribution in [-0.2, 0) is 11.3 Å². The van der Waals surface area contributed by atoms with E-state index in [0.717, 1.165) is 28.1 Å². The number of carbonyl (C=O) groups is 2. The molecule has 8 nitrogen and oxygen atoms in total. The molecule has 0 aliphatic heterocycles. The minimum atomic E-state index is -1.00. The molecule has 3 N–H and O–H groups in total. The van der Waals surface area contributed by atoms with Crippen LogP contribution in [0.1, 0.15) is 45.1 Å². The van der Waals surface area contributed by atoms with Crippen molar-refractivity contribution < 1.29 is 14.7 Å². The summed E-state index contributed by atoms with van der Waals surface area (Å²) >= 11 is 0. The molecule has 8 heteroatoms. The molecule has 40 heavy (non-hydrogen) atoms. The minimum absolute atomic E-state index is 0.239. The quantitative estimate of drug-likeness (QED) is 0.224. The SMILES string of the molecule is Cc1ccc(C(CC(=O)O)NC(=O)c2ccn3c(NCc4ccccc4)c(-c4ccc(C#N)cc4)nc3c2)cc1. The lowest BCUT2D eigenvalue weighted by atomic mass is 10.0. The number of imidazole rings is 1. The highest BCUT2D eigenvalue weighted by Gasteiger charge is 2.21. The number of fused-ring (bicyclic) bond motifs is 1. The van der Waals surface area contributed by atoms with E-state index in [1.807, 2.05) is 78.1 Å². The van der Waals surface area contributed by atoms with Gasteiger partial charge in [-0.15, -0.1) is 0 Å². The Morgan fingerprint density at radius 2 is 1.73 bits per heavy atom. The molecule has 0 fully saturated rings. The number of carboxylic acid groups (broad SMARTS) is 1. The summed E-state index contributed by atoms with van der Waals surface area (Å²) < 4.78 is 1.88. The van der Waals surface area contributed by atoms with Crippen LogP contribution in [-0.4, -0.2) is 26.4 Å². The summed E-state index contributed by atoms with van der Waals surface area (Å²) in [6, 6.07) is 29.4. The Hall–Kier alpha value is -5.42. The molecule has 0 spiro atoms. The van der Waals surface area contributed by atoms with Crippen LogP contribution in [0.3, 0.4) is 0 Å². The lowest BCUT2D eigenvalue weighted by Gasteiger charge is -2.18. The number of nitrogens with one attached hydrogen (secondary N) is 2. The van der Waals surface area contributed by atoms with Crippen molar-refractivity contribution in [2.24, 2.45) is 0 Å². The monoisotopic (exact) mass is 529 g/mol. The lowest BCUT2D eigenvalue weighted by Crippen LogP contribution is -2.30. The van der Waals surface area contributed by atoms with Crippen LogP contribution in [0.5, 0.6) is 0 Å². The number of hydrogen-bond acceptors (Lipinski definition) is 5. The maximum atomic E-state index is 13.3. The van der Waals surface area contributed by atoms with Crippen molar-refractivity contribution in [1.82, 2.24) is 14.7 Å². The molecule has 0 saturated heterocycles. The average molecular weight is 530 g/mol. The van der Waals surface area contributed by atoms with Gasteiger partial charge in [-0.1, -0.05) is 72.3 Å². The van der Waals surface area contributed by atoms with Gasteiger partial charge in [0.05, 0.1) is 24.1 Å². The summed E-state index contributed by atoms with van der Waals surface area (Å²) in [6.45, 7) is 2.51. The van der Waals surface area contributed by atoms with Crippen LogP contribution < -0.4 is 10.6 Å². The predicted molar refractivity (Wildman–Crippen MR) is 153 cm³/mol. The molecule has 1 atom stereocenters. The van der Waals surface area contributed by atoms with Crippen molar-refractivity contribution in [3.8, 4) is 17.3 Å². The molecule has 2 heterocycles. The van der Waals surface area contributed by atoms with E-state index >= 15 is 0 Å². The van der Waals surface area contributed by atoms with Crippen molar-refractivity contribution in [2.45, 2.75) is 25.9 Å². The molecular formula is C32H27N5O3.